The van der Waals surface area contributed by atoms with Crippen molar-refractivity contribution in [3.63, 3.8) is 0 Å². The normalized spacial score (nSPS) is 10.7. The maximum absolute atomic E-state index is 12.3. The SMILES string of the molecule is CN(Cc1cc(-c2ccccc2)no1)C(=O)CCn1ccc(=O)[nH]c1=O. The molecule has 0 bridgehead atoms. The lowest BCUT2D eigenvalue weighted by Gasteiger charge is -2.15. The third-order valence-electron chi connectivity index (χ3n) is 3.91. The van der Waals surface area contributed by atoms with E-state index in [0.717, 1.165) is 5.56 Å². The zero-order chi connectivity index (χ0) is 18.5. The first kappa shape index (κ1) is 17.4. The largest absolute Gasteiger partial charge is 0.359 e. The van der Waals surface area contributed by atoms with Crippen LogP contribution >= 0.6 is 0 Å². The molecule has 0 aliphatic heterocycles. The molecule has 0 radical (unpaired) electrons. The Morgan fingerprint density at radius 3 is 2.73 bits per heavy atom. The molecule has 8 nitrogen and oxygen atoms in total. The van der Waals surface area contributed by atoms with Crippen molar-refractivity contribution in [1.29, 1.82) is 0 Å². The Morgan fingerprint density at radius 1 is 1.23 bits per heavy atom. The molecule has 0 fully saturated rings. The second-order valence-electron chi connectivity index (χ2n) is 5.85. The van der Waals surface area contributed by atoms with E-state index in [1.807, 2.05) is 30.3 Å². The summed E-state index contributed by atoms with van der Waals surface area (Å²) in [5.74, 6) is 0.418. The molecule has 3 aromatic rings. The number of rotatable bonds is 6. The zero-order valence-corrected chi connectivity index (χ0v) is 14.2. The van der Waals surface area contributed by atoms with Gasteiger partial charge in [-0.25, -0.2) is 4.79 Å². The van der Waals surface area contributed by atoms with Crippen molar-refractivity contribution in [2.45, 2.75) is 19.5 Å². The summed E-state index contributed by atoms with van der Waals surface area (Å²) < 4.78 is 6.58. The Kier molecular flexibility index (Phi) is 5.12. The fourth-order valence-corrected chi connectivity index (χ4v) is 2.48. The molecule has 1 aromatic carbocycles. The monoisotopic (exact) mass is 354 g/mol. The van der Waals surface area contributed by atoms with Gasteiger partial charge in [-0.05, 0) is 0 Å². The van der Waals surface area contributed by atoms with Crippen LogP contribution in [0.2, 0.25) is 0 Å². The first-order valence-electron chi connectivity index (χ1n) is 8.07. The Hall–Kier alpha value is -3.42. The molecule has 3 rings (SSSR count). The summed E-state index contributed by atoms with van der Waals surface area (Å²) in [6.07, 6.45) is 1.50. The van der Waals surface area contributed by atoms with Gasteiger partial charge < -0.3 is 14.0 Å². The van der Waals surface area contributed by atoms with Crippen molar-refractivity contribution in [1.82, 2.24) is 19.6 Å². The topological polar surface area (TPSA) is 101 Å². The molecule has 2 heterocycles. The van der Waals surface area contributed by atoms with E-state index in [2.05, 4.69) is 10.1 Å². The first-order chi connectivity index (χ1) is 12.5. The first-order valence-corrected chi connectivity index (χ1v) is 8.07. The van der Waals surface area contributed by atoms with Crippen molar-refractivity contribution < 1.29 is 9.32 Å². The van der Waals surface area contributed by atoms with Crippen LogP contribution in [-0.2, 0) is 17.9 Å². The summed E-state index contributed by atoms with van der Waals surface area (Å²) in [4.78, 5) is 38.6. The molecule has 0 aliphatic carbocycles. The van der Waals surface area contributed by atoms with Crippen LogP contribution < -0.4 is 11.2 Å². The summed E-state index contributed by atoms with van der Waals surface area (Å²) in [6, 6.07) is 12.7. The number of aromatic amines is 1. The number of hydrogen-bond donors (Lipinski definition) is 1. The molecule has 0 spiro atoms. The molecule has 8 heteroatoms. The van der Waals surface area contributed by atoms with Crippen molar-refractivity contribution >= 4 is 5.91 Å². The number of carbonyl (C=O) groups excluding carboxylic acids is 1. The van der Waals surface area contributed by atoms with Gasteiger partial charge in [-0.1, -0.05) is 35.5 Å². The predicted molar refractivity (Wildman–Crippen MR) is 94.4 cm³/mol. The van der Waals surface area contributed by atoms with Gasteiger partial charge >= 0.3 is 5.69 Å². The average molecular weight is 354 g/mol. The van der Waals surface area contributed by atoms with E-state index in [0.29, 0.717) is 11.5 Å². The molecule has 2 aromatic heterocycles. The van der Waals surface area contributed by atoms with E-state index in [1.54, 1.807) is 13.1 Å². The minimum atomic E-state index is -0.532. The van der Waals surface area contributed by atoms with Gasteiger partial charge in [0.05, 0.1) is 6.54 Å². The third-order valence-corrected chi connectivity index (χ3v) is 3.91. The molecule has 1 N–H and O–H groups in total. The highest BCUT2D eigenvalue weighted by Gasteiger charge is 2.13. The van der Waals surface area contributed by atoms with Crippen LogP contribution in [0.5, 0.6) is 0 Å². The zero-order valence-electron chi connectivity index (χ0n) is 14.2. The molecule has 1 amide bonds. The molecule has 0 aliphatic rings. The maximum Gasteiger partial charge on any atom is 0.328 e. The Balaban J connectivity index is 1.58. The number of nitrogens with one attached hydrogen (secondary N) is 1. The van der Waals surface area contributed by atoms with E-state index in [4.69, 9.17) is 4.52 Å². The Labute approximate surface area is 148 Å². The number of carbonyl (C=O) groups is 1. The van der Waals surface area contributed by atoms with E-state index < -0.39 is 11.2 Å². The van der Waals surface area contributed by atoms with Crippen molar-refractivity contribution in [2.24, 2.45) is 0 Å². The molecule has 26 heavy (non-hydrogen) atoms. The molecule has 0 saturated carbocycles. The standard InChI is InChI=1S/C18H18N4O4/c1-21(17(24)8-10-22-9-7-16(23)19-18(22)25)12-14-11-15(20-26-14)13-5-3-2-4-6-13/h2-7,9,11H,8,10,12H2,1H3,(H,19,23,25). The smallest absolute Gasteiger partial charge is 0.328 e. The van der Waals surface area contributed by atoms with Gasteiger partial charge in [0.15, 0.2) is 5.76 Å². The third kappa shape index (κ3) is 4.15. The second kappa shape index (κ2) is 7.64. The lowest BCUT2D eigenvalue weighted by atomic mass is 10.1. The fraction of sp³-hybridized carbons (Fsp3) is 0.222. The summed E-state index contributed by atoms with van der Waals surface area (Å²) >= 11 is 0. The summed E-state index contributed by atoms with van der Waals surface area (Å²) in [5, 5.41) is 4.02. The van der Waals surface area contributed by atoms with Gasteiger partial charge in [0.1, 0.15) is 5.69 Å². The fourth-order valence-electron chi connectivity index (χ4n) is 2.48. The summed E-state index contributed by atoms with van der Waals surface area (Å²) in [7, 11) is 1.66. The van der Waals surface area contributed by atoms with Crippen molar-refractivity contribution in [2.75, 3.05) is 7.05 Å². The number of aryl methyl sites for hydroxylation is 1. The van der Waals surface area contributed by atoms with Gasteiger partial charge in [0.25, 0.3) is 5.56 Å². The molecule has 0 saturated heterocycles. The lowest BCUT2D eigenvalue weighted by Crippen LogP contribution is -2.32. The van der Waals surface area contributed by atoms with Gasteiger partial charge in [-0.2, -0.15) is 0 Å². The van der Waals surface area contributed by atoms with Crippen LogP contribution in [-0.4, -0.2) is 32.6 Å². The highest BCUT2D eigenvalue weighted by Crippen LogP contribution is 2.19. The van der Waals surface area contributed by atoms with Crippen molar-refractivity contribution in [3.05, 3.63) is 75.3 Å². The van der Waals surface area contributed by atoms with Gasteiger partial charge in [0, 0.05) is 43.9 Å². The van der Waals surface area contributed by atoms with E-state index in [1.165, 1.54) is 21.7 Å². The van der Waals surface area contributed by atoms with E-state index >= 15 is 0 Å². The van der Waals surface area contributed by atoms with Crippen LogP contribution in [0.3, 0.4) is 0 Å². The molecular weight excluding hydrogens is 336 g/mol. The number of nitrogens with zero attached hydrogens (tertiary/aromatic N) is 3. The molecule has 0 unspecified atom stereocenters. The van der Waals surface area contributed by atoms with E-state index in [9.17, 15) is 14.4 Å². The minimum absolute atomic E-state index is 0.127. The lowest BCUT2D eigenvalue weighted by molar-refractivity contribution is -0.130. The van der Waals surface area contributed by atoms with Gasteiger partial charge in [-0.15, -0.1) is 0 Å². The number of benzene rings is 1. The van der Waals surface area contributed by atoms with Gasteiger partial charge in [0.2, 0.25) is 5.91 Å². The summed E-state index contributed by atoms with van der Waals surface area (Å²) in [6.45, 7) is 0.462. The van der Waals surface area contributed by atoms with Crippen LogP contribution in [0, 0.1) is 0 Å². The summed E-state index contributed by atoms with van der Waals surface area (Å²) in [5.41, 5.74) is 0.653. The molecule has 134 valence electrons. The average Bonchev–Trinajstić information content (AvgIpc) is 3.10. The number of H-pyrrole nitrogens is 1. The highest BCUT2D eigenvalue weighted by atomic mass is 16.5. The maximum atomic E-state index is 12.3. The molecular formula is C18H18N4O4. The van der Waals surface area contributed by atoms with Crippen LogP contribution in [0.25, 0.3) is 11.3 Å². The van der Waals surface area contributed by atoms with Crippen LogP contribution in [0.15, 0.2) is 62.8 Å². The van der Waals surface area contributed by atoms with Crippen LogP contribution in [0.4, 0.5) is 0 Å². The minimum Gasteiger partial charge on any atom is -0.359 e. The van der Waals surface area contributed by atoms with Crippen LogP contribution in [0.1, 0.15) is 12.2 Å². The number of aromatic nitrogens is 3. The van der Waals surface area contributed by atoms with Gasteiger partial charge in [-0.3, -0.25) is 14.6 Å². The second-order valence-corrected chi connectivity index (χ2v) is 5.85. The quantitative estimate of drug-likeness (QED) is 0.718. The van der Waals surface area contributed by atoms with E-state index in [-0.39, 0.29) is 25.4 Å². The van der Waals surface area contributed by atoms with Crippen molar-refractivity contribution in [3.8, 4) is 11.3 Å². The number of hydrogen-bond acceptors (Lipinski definition) is 5. The predicted octanol–water partition coefficient (Wildman–Crippen LogP) is 1.24. The Bertz CT molecular complexity index is 1000. The molecule has 0 atom stereocenters. The Morgan fingerprint density at radius 2 is 2.00 bits per heavy atom. The number of amides is 1. The highest BCUT2D eigenvalue weighted by molar-refractivity contribution is 5.75.